The number of sulfonamides is 1. The van der Waals surface area contributed by atoms with Crippen molar-refractivity contribution in [3.63, 3.8) is 0 Å². The minimum absolute atomic E-state index is 0.0600. The summed E-state index contributed by atoms with van der Waals surface area (Å²) < 4.78 is 24.7. The zero-order valence-corrected chi connectivity index (χ0v) is 15.2. The zero-order valence-electron chi connectivity index (χ0n) is 13.6. The molecule has 0 bridgehead atoms. The number of H-pyrrole nitrogens is 1. The first kappa shape index (κ1) is 17.1. The maximum absolute atomic E-state index is 12.3. The number of carbonyl (C=O) groups is 1. The molecular weight excluding hydrogens is 348 g/mol. The van der Waals surface area contributed by atoms with Crippen LogP contribution < -0.4 is 10.3 Å². The third-order valence-electron chi connectivity index (χ3n) is 4.10. The highest BCUT2D eigenvalue weighted by molar-refractivity contribution is 7.89. The van der Waals surface area contributed by atoms with Gasteiger partial charge in [-0.25, -0.2) is 8.42 Å². The molecule has 3 N–H and O–H groups in total. The molecule has 0 aromatic carbocycles. The van der Waals surface area contributed by atoms with Gasteiger partial charge < -0.3 is 0 Å². The number of aromatic nitrogens is 2. The highest BCUT2D eigenvalue weighted by Crippen LogP contribution is 2.28. The Kier molecular flexibility index (Phi) is 4.75. The van der Waals surface area contributed by atoms with Crippen LogP contribution in [0.1, 0.15) is 50.8 Å². The molecule has 0 unspecified atom stereocenters. The molecule has 1 aliphatic carbocycles. The van der Waals surface area contributed by atoms with Crippen molar-refractivity contribution in [3.05, 3.63) is 32.8 Å². The lowest BCUT2D eigenvalue weighted by atomic mass is 10.1. The van der Waals surface area contributed by atoms with E-state index < -0.39 is 15.9 Å². The van der Waals surface area contributed by atoms with Crippen LogP contribution in [0.4, 0.5) is 0 Å². The number of rotatable bonds is 4. The van der Waals surface area contributed by atoms with Crippen LogP contribution in [0.15, 0.2) is 11.0 Å². The molecule has 0 spiro atoms. The Morgan fingerprint density at radius 2 is 2.00 bits per heavy atom. The van der Waals surface area contributed by atoms with Crippen LogP contribution in [-0.2, 0) is 22.9 Å². The van der Waals surface area contributed by atoms with Crippen LogP contribution in [0.2, 0.25) is 0 Å². The van der Waals surface area contributed by atoms with Gasteiger partial charge in [0.2, 0.25) is 0 Å². The molecular formula is C15H20N4O3S2. The van der Waals surface area contributed by atoms with Gasteiger partial charge in [0, 0.05) is 4.88 Å². The number of fused-ring (bicyclic) bond motifs is 1. The molecule has 2 aromatic heterocycles. The minimum Gasteiger partial charge on any atom is -0.281 e. The summed E-state index contributed by atoms with van der Waals surface area (Å²) in [6.45, 7) is 3.21. The molecule has 0 saturated carbocycles. The fraction of sp³-hybridized carbons (Fsp3) is 0.467. The summed E-state index contributed by atoms with van der Waals surface area (Å²) in [6.07, 6.45) is 5.47. The second-order valence-corrected chi connectivity index (χ2v) is 8.70. The van der Waals surface area contributed by atoms with Gasteiger partial charge in [0.1, 0.15) is 4.90 Å². The number of amides is 1. The maximum atomic E-state index is 12.3. The highest BCUT2D eigenvalue weighted by Gasteiger charge is 2.24. The first-order valence-electron chi connectivity index (χ1n) is 7.84. The number of hydrogen-bond acceptors (Lipinski definition) is 5. The molecule has 7 nitrogen and oxygen atoms in total. The Morgan fingerprint density at radius 3 is 2.71 bits per heavy atom. The fourth-order valence-corrected chi connectivity index (χ4v) is 5.30. The van der Waals surface area contributed by atoms with E-state index in [0.717, 1.165) is 25.7 Å². The first-order valence-corrected chi connectivity index (χ1v) is 10.1. The van der Waals surface area contributed by atoms with Crippen molar-refractivity contribution in [2.24, 2.45) is 0 Å². The number of nitrogens with zero attached hydrogens (tertiary/aromatic N) is 1. The third kappa shape index (κ3) is 3.38. The van der Waals surface area contributed by atoms with Crippen LogP contribution in [0.25, 0.3) is 0 Å². The van der Waals surface area contributed by atoms with Gasteiger partial charge in [-0.15, -0.1) is 16.2 Å². The standard InChI is InChI=1S/C15H20N4O3S2/c1-9-14(10(2)17-16-9)24(21,22)19-18-15(20)13-8-11-6-4-3-5-7-12(11)23-13/h8,19H,3-7H2,1-2H3,(H,16,17)(H,18,20). The summed E-state index contributed by atoms with van der Waals surface area (Å²) >= 11 is 1.45. The van der Waals surface area contributed by atoms with Gasteiger partial charge in [-0.05, 0) is 51.2 Å². The van der Waals surface area contributed by atoms with Crippen LogP contribution >= 0.6 is 11.3 Å². The van der Waals surface area contributed by atoms with Crippen molar-refractivity contribution in [2.45, 2.75) is 50.8 Å². The van der Waals surface area contributed by atoms with Crippen molar-refractivity contribution in [1.82, 2.24) is 20.5 Å². The molecule has 24 heavy (non-hydrogen) atoms. The number of hydrogen-bond donors (Lipinski definition) is 3. The molecule has 0 aliphatic heterocycles. The summed E-state index contributed by atoms with van der Waals surface area (Å²) in [5.74, 6) is -0.435. The van der Waals surface area contributed by atoms with Crippen LogP contribution in [0.3, 0.4) is 0 Å². The molecule has 9 heteroatoms. The number of carbonyl (C=O) groups excluding carboxylic acids is 1. The average Bonchev–Trinajstić information content (AvgIpc) is 3.01. The van der Waals surface area contributed by atoms with Crippen molar-refractivity contribution in [3.8, 4) is 0 Å². The number of nitrogens with one attached hydrogen (secondary N) is 3. The van der Waals surface area contributed by atoms with Crippen molar-refractivity contribution < 1.29 is 13.2 Å². The molecule has 2 aromatic rings. The molecule has 0 radical (unpaired) electrons. The number of aryl methyl sites for hydroxylation is 4. The van der Waals surface area contributed by atoms with Gasteiger partial charge in [0.15, 0.2) is 0 Å². The Labute approximate surface area is 144 Å². The van der Waals surface area contributed by atoms with Crippen LogP contribution in [-0.4, -0.2) is 24.5 Å². The van der Waals surface area contributed by atoms with E-state index >= 15 is 0 Å². The lowest BCUT2D eigenvalue weighted by Crippen LogP contribution is -2.41. The van der Waals surface area contributed by atoms with Gasteiger partial charge in [-0.2, -0.15) is 5.10 Å². The molecule has 3 rings (SSSR count). The lowest BCUT2D eigenvalue weighted by molar-refractivity contribution is 0.0949. The Morgan fingerprint density at radius 1 is 1.25 bits per heavy atom. The van der Waals surface area contributed by atoms with Gasteiger partial charge in [-0.1, -0.05) is 6.42 Å². The van der Waals surface area contributed by atoms with Gasteiger partial charge in [0.05, 0.1) is 16.3 Å². The summed E-state index contributed by atoms with van der Waals surface area (Å²) in [5, 5.41) is 6.49. The molecule has 0 fully saturated rings. The molecule has 1 aliphatic rings. The topological polar surface area (TPSA) is 104 Å². The van der Waals surface area contributed by atoms with Crippen molar-refractivity contribution in [2.75, 3.05) is 0 Å². The third-order valence-corrected chi connectivity index (χ3v) is 6.84. The van der Waals surface area contributed by atoms with E-state index in [0.29, 0.717) is 16.3 Å². The second kappa shape index (κ2) is 6.66. The van der Waals surface area contributed by atoms with E-state index in [1.807, 2.05) is 6.07 Å². The molecule has 130 valence electrons. The summed E-state index contributed by atoms with van der Waals surface area (Å²) in [6, 6.07) is 1.88. The Balaban J connectivity index is 1.72. The van der Waals surface area contributed by atoms with Crippen LogP contribution in [0, 0.1) is 13.8 Å². The van der Waals surface area contributed by atoms with Gasteiger partial charge in [-0.3, -0.25) is 15.3 Å². The molecule has 2 heterocycles. The van der Waals surface area contributed by atoms with Crippen LogP contribution in [0.5, 0.6) is 0 Å². The fourth-order valence-electron chi connectivity index (χ4n) is 2.94. The predicted octanol–water partition coefficient (Wildman–Crippen LogP) is 1.98. The Bertz CT molecular complexity index is 824. The highest BCUT2D eigenvalue weighted by atomic mass is 32.2. The van der Waals surface area contributed by atoms with E-state index in [9.17, 15) is 13.2 Å². The van der Waals surface area contributed by atoms with Crippen molar-refractivity contribution >= 4 is 27.3 Å². The molecule has 1 amide bonds. The van der Waals surface area contributed by atoms with E-state index in [-0.39, 0.29) is 4.90 Å². The Hall–Kier alpha value is -1.71. The normalized spacial score (nSPS) is 14.9. The number of aromatic amines is 1. The minimum atomic E-state index is -3.86. The molecule has 0 saturated heterocycles. The van der Waals surface area contributed by atoms with E-state index in [1.54, 1.807) is 13.8 Å². The summed E-state index contributed by atoms with van der Waals surface area (Å²) in [4.78, 5) is 16.3. The molecule has 0 atom stereocenters. The average molecular weight is 368 g/mol. The summed E-state index contributed by atoms with van der Waals surface area (Å²) in [5.41, 5.74) is 4.30. The SMILES string of the molecule is Cc1n[nH]c(C)c1S(=O)(=O)NNC(=O)c1cc2c(s1)CCCCC2. The van der Waals surface area contributed by atoms with E-state index in [1.165, 1.54) is 28.2 Å². The number of thiophene rings is 1. The second-order valence-electron chi connectivity index (χ2n) is 5.94. The summed E-state index contributed by atoms with van der Waals surface area (Å²) in [7, 11) is -3.86. The zero-order chi connectivity index (χ0) is 17.3. The van der Waals surface area contributed by atoms with Crippen molar-refractivity contribution in [1.29, 1.82) is 0 Å². The first-order chi connectivity index (χ1) is 11.4. The largest absolute Gasteiger partial charge is 0.281 e. The predicted molar refractivity (Wildman–Crippen MR) is 91.4 cm³/mol. The van der Waals surface area contributed by atoms with E-state index in [4.69, 9.17) is 0 Å². The maximum Gasteiger partial charge on any atom is 0.276 e. The van der Waals surface area contributed by atoms with E-state index in [2.05, 4.69) is 20.5 Å². The number of hydrazine groups is 1. The monoisotopic (exact) mass is 368 g/mol. The quantitative estimate of drug-likeness (QED) is 0.567. The lowest BCUT2D eigenvalue weighted by Gasteiger charge is -2.07. The van der Waals surface area contributed by atoms with Gasteiger partial charge in [0.25, 0.3) is 15.9 Å². The van der Waals surface area contributed by atoms with Gasteiger partial charge >= 0.3 is 0 Å². The smallest absolute Gasteiger partial charge is 0.276 e.